The molecule has 1 saturated heterocycles. The second kappa shape index (κ2) is 6.39. The van der Waals surface area contributed by atoms with Crippen molar-refractivity contribution in [2.75, 3.05) is 20.1 Å². The van der Waals surface area contributed by atoms with Crippen molar-refractivity contribution in [1.29, 1.82) is 0 Å². The molecule has 0 amide bonds. The summed E-state index contributed by atoms with van der Waals surface area (Å²) in [5, 5.41) is 11.0. The quantitative estimate of drug-likeness (QED) is 0.636. The molecule has 1 heterocycles. The average molecular weight is 378 g/mol. The van der Waals surface area contributed by atoms with Crippen LogP contribution in [0.1, 0.15) is 12.8 Å². The predicted octanol–water partition coefficient (Wildman–Crippen LogP) is 1.73. The van der Waals surface area contributed by atoms with Crippen LogP contribution in [-0.4, -0.2) is 44.4 Å². The van der Waals surface area contributed by atoms with Crippen molar-refractivity contribution in [3.05, 3.63) is 32.8 Å². The van der Waals surface area contributed by atoms with E-state index in [2.05, 4.69) is 20.7 Å². The van der Waals surface area contributed by atoms with Crippen LogP contribution in [0.3, 0.4) is 0 Å². The van der Waals surface area contributed by atoms with Gasteiger partial charge in [0.2, 0.25) is 10.0 Å². The number of hydrogen-bond donors (Lipinski definition) is 1. The number of nitro benzene ring substituents is 1. The molecule has 0 aromatic heterocycles. The van der Waals surface area contributed by atoms with Gasteiger partial charge in [-0.3, -0.25) is 10.1 Å². The second-order valence-corrected chi connectivity index (χ2v) is 7.69. The first kappa shape index (κ1) is 16.3. The van der Waals surface area contributed by atoms with Crippen LogP contribution >= 0.6 is 15.9 Å². The highest BCUT2D eigenvalue weighted by atomic mass is 79.9. The van der Waals surface area contributed by atoms with Gasteiger partial charge in [0.25, 0.3) is 5.69 Å². The third-order valence-corrected chi connectivity index (χ3v) is 5.40. The number of nitrogens with zero attached hydrogens (tertiary/aromatic N) is 2. The Balaban J connectivity index is 2.31. The van der Waals surface area contributed by atoms with Gasteiger partial charge in [0.05, 0.1) is 4.92 Å². The first-order valence-electron chi connectivity index (χ1n) is 6.44. The molecule has 1 aromatic rings. The van der Waals surface area contributed by atoms with Crippen LogP contribution in [0.15, 0.2) is 27.6 Å². The molecule has 9 heteroatoms. The molecule has 1 N–H and O–H groups in total. The van der Waals surface area contributed by atoms with E-state index in [9.17, 15) is 18.5 Å². The number of nitrogens with one attached hydrogen (secondary N) is 1. The van der Waals surface area contributed by atoms with Gasteiger partial charge in [-0.15, -0.1) is 0 Å². The number of likely N-dealkylation sites (tertiary alicyclic amines) is 1. The molecule has 21 heavy (non-hydrogen) atoms. The van der Waals surface area contributed by atoms with Crippen molar-refractivity contribution in [1.82, 2.24) is 9.62 Å². The molecule has 1 aliphatic rings. The summed E-state index contributed by atoms with van der Waals surface area (Å²) in [6.07, 6.45) is 1.62. The van der Waals surface area contributed by atoms with Gasteiger partial charge < -0.3 is 4.90 Å². The summed E-state index contributed by atoms with van der Waals surface area (Å²) in [6, 6.07) is 3.66. The predicted molar refractivity (Wildman–Crippen MR) is 81.6 cm³/mol. The molecule has 1 atom stereocenters. The van der Waals surface area contributed by atoms with Gasteiger partial charge in [0.15, 0.2) is 4.90 Å². The largest absolute Gasteiger partial charge is 0.305 e. The molecule has 1 fully saturated rings. The summed E-state index contributed by atoms with van der Waals surface area (Å²) in [4.78, 5) is 12.1. The van der Waals surface area contributed by atoms with Gasteiger partial charge >= 0.3 is 0 Å². The molecule has 0 radical (unpaired) electrons. The van der Waals surface area contributed by atoms with E-state index >= 15 is 0 Å². The van der Waals surface area contributed by atoms with Crippen LogP contribution in [0.2, 0.25) is 0 Å². The Morgan fingerprint density at radius 2 is 2.19 bits per heavy atom. The molecule has 116 valence electrons. The topological polar surface area (TPSA) is 92.6 Å². The monoisotopic (exact) mass is 377 g/mol. The number of sulfonamides is 1. The van der Waals surface area contributed by atoms with Crippen LogP contribution in [0, 0.1) is 10.1 Å². The van der Waals surface area contributed by atoms with E-state index in [1.54, 1.807) is 0 Å². The number of piperidine rings is 1. The van der Waals surface area contributed by atoms with E-state index in [0.29, 0.717) is 11.0 Å². The first-order chi connectivity index (χ1) is 9.79. The zero-order chi connectivity index (χ0) is 15.6. The van der Waals surface area contributed by atoms with E-state index in [-0.39, 0.29) is 10.9 Å². The molecule has 7 nitrogen and oxygen atoms in total. The van der Waals surface area contributed by atoms with Crippen LogP contribution in [-0.2, 0) is 10.0 Å². The minimum atomic E-state index is -3.93. The third-order valence-electron chi connectivity index (χ3n) is 3.35. The van der Waals surface area contributed by atoms with Gasteiger partial charge in [-0.2, -0.15) is 0 Å². The highest BCUT2D eigenvalue weighted by Gasteiger charge is 2.29. The number of likely N-dealkylation sites (N-methyl/N-ethyl adjacent to an activating group) is 1. The second-order valence-electron chi connectivity index (χ2n) is 5.09. The molecule has 1 aliphatic heterocycles. The summed E-state index contributed by atoms with van der Waals surface area (Å²) >= 11 is 3.15. The summed E-state index contributed by atoms with van der Waals surface area (Å²) in [7, 11) is -2.01. The van der Waals surface area contributed by atoms with Crippen molar-refractivity contribution in [2.45, 2.75) is 23.8 Å². The maximum atomic E-state index is 12.4. The van der Waals surface area contributed by atoms with E-state index < -0.39 is 20.6 Å². The molecule has 0 spiro atoms. The SMILES string of the molecule is CN1CCCC(NS(=O)(=O)c2cc(Br)ccc2[N+](=O)[O-])C1. The van der Waals surface area contributed by atoms with Crippen LogP contribution < -0.4 is 4.72 Å². The van der Waals surface area contributed by atoms with E-state index in [1.807, 2.05) is 11.9 Å². The van der Waals surface area contributed by atoms with Crippen molar-refractivity contribution in [3.8, 4) is 0 Å². The van der Waals surface area contributed by atoms with Crippen molar-refractivity contribution >= 4 is 31.6 Å². The van der Waals surface area contributed by atoms with Crippen LogP contribution in [0.25, 0.3) is 0 Å². The van der Waals surface area contributed by atoms with Gasteiger partial charge in [-0.25, -0.2) is 13.1 Å². The zero-order valence-corrected chi connectivity index (χ0v) is 13.9. The minimum absolute atomic E-state index is 0.229. The standard InChI is InChI=1S/C12H16BrN3O4S/c1-15-6-2-3-10(8-15)14-21(19,20)12-7-9(13)4-5-11(12)16(17)18/h4-5,7,10,14H,2-3,6,8H2,1H3. The number of halogens is 1. The third kappa shape index (κ3) is 4.00. The minimum Gasteiger partial charge on any atom is -0.305 e. The number of benzene rings is 1. The lowest BCUT2D eigenvalue weighted by molar-refractivity contribution is -0.387. The lowest BCUT2D eigenvalue weighted by Gasteiger charge is -2.29. The summed E-state index contributed by atoms with van der Waals surface area (Å²) in [6.45, 7) is 1.52. The average Bonchev–Trinajstić information content (AvgIpc) is 2.37. The summed E-state index contributed by atoms with van der Waals surface area (Å²) in [5.41, 5.74) is -0.421. The molecule has 1 aromatic carbocycles. The number of hydrogen-bond acceptors (Lipinski definition) is 5. The van der Waals surface area contributed by atoms with Crippen molar-refractivity contribution in [3.63, 3.8) is 0 Å². The smallest absolute Gasteiger partial charge is 0.289 e. The molecule has 0 saturated carbocycles. The molecular weight excluding hydrogens is 362 g/mol. The van der Waals surface area contributed by atoms with E-state index in [1.165, 1.54) is 18.2 Å². The van der Waals surface area contributed by atoms with Gasteiger partial charge in [0, 0.05) is 23.1 Å². The first-order valence-corrected chi connectivity index (χ1v) is 8.72. The van der Waals surface area contributed by atoms with Gasteiger partial charge in [0.1, 0.15) is 0 Å². The van der Waals surface area contributed by atoms with E-state index in [4.69, 9.17) is 0 Å². The van der Waals surface area contributed by atoms with Crippen molar-refractivity contribution < 1.29 is 13.3 Å². The van der Waals surface area contributed by atoms with E-state index in [0.717, 1.165) is 19.4 Å². The molecule has 0 bridgehead atoms. The Labute approximate surface area is 131 Å². The lowest BCUT2D eigenvalue weighted by Crippen LogP contribution is -2.46. The zero-order valence-electron chi connectivity index (χ0n) is 11.5. The Morgan fingerprint density at radius 3 is 2.81 bits per heavy atom. The highest BCUT2D eigenvalue weighted by Crippen LogP contribution is 2.27. The Morgan fingerprint density at radius 1 is 1.48 bits per heavy atom. The summed E-state index contributed by atoms with van der Waals surface area (Å²) < 4.78 is 27.9. The van der Waals surface area contributed by atoms with Gasteiger partial charge in [-0.05, 0) is 38.6 Å². The Hall–Kier alpha value is -1.03. The maximum Gasteiger partial charge on any atom is 0.289 e. The fraction of sp³-hybridized carbons (Fsp3) is 0.500. The lowest BCUT2D eigenvalue weighted by atomic mass is 10.1. The van der Waals surface area contributed by atoms with Crippen molar-refractivity contribution in [2.24, 2.45) is 0 Å². The van der Waals surface area contributed by atoms with Gasteiger partial charge in [-0.1, -0.05) is 15.9 Å². The molecule has 2 rings (SSSR count). The Bertz CT molecular complexity index is 650. The molecule has 1 unspecified atom stereocenters. The normalized spacial score (nSPS) is 20.4. The molecule has 0 aliphatic carbocycles. The number of rotatable bonds is 4. The summed E-state index contributed by atoms with van der Waals surface area (Å²) in [5.74, 6) is 0. The van der Waals surface area contributed by atoms with Crippen LogP contribution in [0.5, 0.6) is 0 Å². The Kier molecular flexibility index (Phi) is 4.97. The number of nitro groups is 1. The van der Waals surface area contributed by atoms with Crippen LogP contribution in [0.4, 0.5) is 5.69 Å². The molecular formula is C12H16BrN3O4S. The fourth-order valence-electron chi connectivity index (χ4n) is 2.40. The fourth-order valence-corrected chi connectivity index (χ4v) is 4.37. The maximum absolute atomic E-state index is 12.4. The highest BCUT2D eigenvalue weighted by molar-refractivity contribution is 9.10.